The van der Waals surface area contributed by atoms with Crippen LogP contribution in [0.15, 0.2) is 78.9 Å². The van der Waals surface area contributed by atoms with Crippen molar-refractivity contribution in [2.75, 3.05) is 26.7 Å². The minimum atomic E-state index is 0.107. The lowest BCUT2D eigenvalue weighted by atomic mass is 9.96. The third-order valence-corrected chi connectivity index (χ3v) is 6.10. The molecule has 1 fully saturated rings. The number of carbonyl (C=O) groups is 1. The van der Waals surface area contributed by atoms with Crippen LogP contribution in [0.5, 0.6) is 17.2 Å². The number of likely N-dealkylation sites (tertiary alicyclic amines) is 1. The van der Waals surface area contributed by atoms with Gasteiger partial charge >= 0.3 is 0 Å². The number of amides is 1. The average molecular weight is 445 g/mol. The highest BCUT2D eigenvalue weighted by Gasteiger charge is 2.20. The molecule has 1 saturated heterocycles. The van der Waals surface area contributed by atoms with Gasteiger partial charge in [0.2, 0.25) is 5.91 Å². The zero-order valence-corrected chi connectivity index (χ0v) is 19.2. The number of methoxy groups -OCH3 is 1. The van der Waals surface area contributed by atoms with E-state index in [1.165, 1.54) is 5.56 Å². The van der Waals surface area contributed by atoms with Crippen LogP contribution in [0, 0.1) is 5.92 Å². The molecule has 0 aromatic heterocycles. The molecule has 0 spiro atoms. The minimum Gasteiger partial charge on any atom is -0.493 e. The first kappa shape index (κ1) is 22.9. The first-order valence-corrected chi connectivity index (χ1v) is 11.6. The Bertz CT molecular complexity index is 1030. The summed E-state index contributed by atoms with van der Waals surface area (Å²) in [6.45, 7) is 3.74. The Morgan fingerprint density at radius 1 is 0.909 bits per heavy atom. The molecule has 3 aromatic rings. The molecule has 0 unspecified atom stereocenters. The maximum Gasteiger partial charge on any atom is 0.224 e. The molecular formula is C28H32N2O3. The fourth-order valence-corrected chi connectivity index (χ4v) is 4.25. The molecule has 4 rings (SSSR count). The van der Waals surface area contributed by atoms with Crippen molar-refractivity contribution in [3.63, 3.8) is 0 Å². The molecule has 1 aliphatic heterocycles. The number of nitrogens with one attached hydrogen (secondary N) is 1. The van der Waals surface area contributed by atoms with Crippen LogP contribution in [-0.4, -0.2) is 37.6 Å². The summed E-state index contributed by atoms with van der Waals surface area (Å²) in [5.74, 6) is 2.90. The van der Waals surface area contributed by atoms with Gasteiger partial charge in [-0.2, -0.15) is 0 Å². The second-order valence-corrected chi connectivity index (χ2v) is 8.59. The van der Waals surface area contributed by atoms with E-state index in [1.807, 2.05) is 66.7 Å². The monoisotopic (exact) mass is 444 g/mol. The molecule has 1 aliphatic rings. The number of hydrogen-bond donors (Lipinski definition) is 1. The number of hydrogen-bond acceptors (Lipinski definition) is 4. The first-order valence-electron chi connectivity index (χ1n) is 11.6. The van der Waals surface area contributed by atoms with Gasteiger partial charge in [0.05, 0.1) is 13.5 Å². The van der Waals surface area contributed by atoms with Crippen molar-refractivity contribution in [2.24, 2.45) is 5.92 Å². The highest BCUT2D eigenvalue weighted by molar-refractivity contribution is 5.78. The highest BCUT2D eigenvalue weighted by Crippen LogP contribution is 2.31. The van der Waals surface area contributed by atoms with Crippen LogP contribution in [0.2, 0.25) is 0 Å². The van der Waals surface area contributed by atoms with E-state index in [4.69, 9.17) is 9.47 Å². The van der Waals surface area contributed by atoms with Crippen LogP contribution in [0.1, 0.15) is 24.0 Å². The van der Waals surface area contributed by atoms with Gasteiger partial charge in [0, 0.05) is 13.1 Å². The van der Waals surface area contributed by atoms with Crippen molar-refractivity contribution in [1.82, 2.24) is 10.2 Å². The summed E-state index contributed by atoms with van der Waals surface area (Å²) in [6.07, 6.45) is 2.65. The van der Waals surface area contributed by atoms with E-state index >= 15 is 0 Å². The van der Waals surface area contributed by atoms with E-state index in [9.17, 15) is 4.79 Å². The van der Waals surface area contributed by atoms with Crippen LogP contribution >= 0.6 is 0 Å². The second-order valence-electron chi connectivity index (χ2n) is 8.59. The molecule has 172 valence electrons. The summed E-state index contributed by atoms with van der Waals surface area (Å²) < 4.78 is 11.4. The Hall–Kier alpha value is -3.31. The zero-order chi connectivity index (χ0) is 22.9. The van der Waals surface area contributed by atoms with Gasteiger partial charge in [0.1, 0.15) is 5.75 Å². The van der Waals surface area contributed by atoms with Gasteiger partial charge in [-0.15, -0.1) is 0 Å². The molecule has 0 bridgehead atoms. The Morgan fingerprint density at radius 3 is 2.36 bits per heavy atom. The van der Waals surface area contributed by atoms with Crippen LogP contribution in [0.4, 0.5) is 0 Å². The lowest BCUT2D eigenvalue weighted by molar-refractivity contribution is -0.120. The van der Waals surface area contributed by atoms with Crippen LogP contribution in [-0.2, 0) is 17.8 Å². The van der Waals surface area contributed by atoms with Gasteiger partial charge in [0.15, 0.2) is 11.5 Å². The van der Waals surface area contributed by atoms with Crippen molar-refractivity contribution in [3.05, 3.63) is 90.0 Å². The molecular weight excluding hydrogens is 412 g/mol. The quantitative estimate of drug-likeness (QED) is 0.501. The Morgan fingerprint density at radius 2 is 1.61 bits per heavy atom. The molecule has 0 radical (unpaired) electrons. The molecule has 0 saturated carbocycles. The number of ether oxygens (including phenoxy) is 2. The Balaban J connectivity index is 1.22. The normalized spacial score (nSPS) is 14.6. The summed E-state index contributed by atoms with van der Waals surface area (Å²) in [5, 5.41) is 3.12. The molecule has 3 aromatic carbocycles. The largest absolute Gasteiger partial charge is 0.493 e. The smallest absolute Gasteiger partial charge is 0.224 e. The third kappa shape index (κ3) is 6.83. The molecule has 5 nitrogen and oxygen atoms in total. The van der Waals surface area contributed by atoms with Crippen molar-refractivity contribution >= 4 is 5.91 Å². The van der Waals surface area contributed by atoms with Gasteiger partial charge in [-0.05, 0) is 67.2 Å². The zero-order valence-electron chi connectivity index (χ0n) is 19.2. The summed E-state index contributed by atoms with van der Waals surface area (Å²) in [5.41, 5.74) is 2.29. The number of benzene rings is 3. The minimum absolute atomic E-state index is 0.107. The summed E-state index contributed by atoms with van der Waals surface area (Å²) in [6, 6.07) is 25.8. The van der Waals surface area contributed by atoms with E-state index in [0.717, 1.165) is 56.1 Å². The van der Waals surface area contributed by atoms with Crippen LogP contribution < -0.4 is 14.8 Å². The maximum absolute atomic E-state index is 12.2. The van der Waals surface area contributed by atoms with Crippen molar-refractivity contribution in [2.45, 2.75) is 25.8 Å². The van der Waals surface area contributed by atoms with E-state index in [0.29, 0.717) is 18.1 Å². The van der Waals surface area contributed by atoms with Crippen molar-refractivity contribution in [3.8, 4) is 17.2 Å². The van der Waals surface area contributed by atoms with Gasteiger partial charge in [0.25, 0.3) is 0 Å². The number of piperidine rings is 1. The molecule has 5 heteroatoms. The van der Waals surface area contributed by atoms with Crippen molar-refractivity contribution < 1.29 is 14.3 Å². The predicted molar refractivity (Wildman–Crippen MR) is 131 cm³/mol. The van der Waals surface area contributed by atoms with Gasteiger partial charge in [-0.3, -0.25) is 9.69 Å². The van der Waals surface area contributed by atoms with E-state index < -0.39 is 0 Å². The fourth-order valence-electron chi connectivity index (χ4n) is 4.25. The van der Waals surface area contributed by atoms with Gasteiger partial charge in [-0.1, -0.05) is 54.6 Å². The van der Waals surface area contributed by atoms with Crippen molar-refractivity contribution in [1.29, 1.82) is 0 Å². The Kier molecular flexibility index (Phi) is 7.99. The van der Waals surface area contributed by atoms with Crippen LogP contribution in [0.25, 0.3) is 0 Å². The van der Waals surface area contributed by atoms with E-state index in [-0.39, 0.29) is 5.91 Å². The second kappa shape index (κ2) is 11.5. The average Bonchev–Trinajstić information content (AvgIpc) is 2.85. The van der Waals surface area contributed by atoms with Gasteiger partial charge < -0.3 is 14.8 Å². The lowest BCUT2D eigenvalue weighted by Crippen LogP contribution is -2.38. The van der Waals surface area contributed by atoms with E-state index in [1.54, 1.807) is 7.11 Å². The molecule has 33 heavy (non-hydrogen) atoms. The number of carbonyl (C=O) groups excluding carboxylic acids is 1. The fraction of sp³-hybridized carbons (Fsp3) is 0.321. The lowest BCUT2D eigenvalue weighted by Gasteiger charge is -2.32. The van der Waals surface area contributed by atoms with Gasteiger partial charge in [-0.25, -0.2) is 0 Å². The SMILES string of the molecule is COc1ccccc1Oc1cccc(CN2CCC(CNC(=O)Cc3ccccc3)CC2)c1. The number of para-hydroxylation sites is 2. The standard InChI is InChI=1S/C28H32N2O3/c1-32-26-12-5-6-13-27(26)33-25-11-7-10-24(18-25)21-30-16-14-23(15-17-30)20-29-28(31)19-22-8-3-2-4-9-22/h2-13,18,23H,14-17,19-21H2,1H3,(H,29,31). The number of nitrogens with zero attached hydrogens (tertiary/aromatic N) is 1. The topological polar surface area (TPSA) is 50.8 Å². The Labute approximate surface area is 196 Å². The summed E-state index contributed by atoms with van der Waals surface area (Å²) in [7, 11) is 1.65. The summed E-state index contributed by atoms with van der Waals surface area (Å²) in [4.78, 5) is 14.7. The maximum atomic E-state index is 12.2. The number of rotatable bonds is 9. The van der Waals surface area contributed by atoms with Crippen LogP contribution in [0.3, 0.4) is 0 Å². The molecule has 1 N–H and O–H groups in total. The summed E-state index contributed by atoms with van der Waals surface area (Å²) >= 11 is 0. The third-order valence-electron chi connectivity index (χ3n) is 6.10. The first-order chi connectivity index (χ1) is 16.2. The molecule has 1 amide bonds. The predicted octanol–water partition coefficient (Wildman–Crippen LogP) is 5.06. The highest BCUT2D eigenvalue weighted by atomic mass is 16.5. The molecule has 1 heterocycles. The van der Waals surface area contributed by atoms with E-state index in [2.05, 4.69) is 22.3 Å². The molecule has 0 atom stereocenters. The molecule has 0 aliphatic carbocycles.